The van der Waals surface area contributed by atoms with Crippen LogP contribution in [0.15, 0.2) is 0 Å². The lowest BCUT2D eigenvalue weighted by atomic mass is 9.87. The lowest BCUT2D eigenvalue weighted by Crippen LogP contribution is -2.58. The number of urea groups is 1. The highest BCUT2D eigenvalue weighted by Crippen LogP contribution is 2.20. The van der Waals surface area contributed by atoms with Crippen molar-refractivity contribution < 1.29 is 14.7 Å². The normalized spacial score (nSPS) is 20.0. The number of hydrogen-bond donors (Lipinski definition) is 2. The molecule has 2 amide bonds. The highest BCUT2D eigenvalue weighted by Gasteiger charge is 2.34. The van der Waals surface area contributed by atoms with Gasteiger partial charge in [-0.3, -0.25) is 4.90 Å². The summed E-state index contributed by atoms with van der Waals surface area (Å²) in [5.74, 6) is -0.992. The van der Waals surface area contributed by atoms with Crippen molar-refractivity contribution in [2.45, 2.75) is 53.1 Å². The van der Waals surface area contributed by atoms with E-state index in [2.05, 4.69) is 24.1 Å². The zero-order chi connectivity index (χ0) is 16.2. The summed E-state index contributed by atoms with van der Waals surface area (Å²) in [6.45, 7) is 12.8. The number of nitrogens with zero attached hydrogens (tertiary/aromatic N) is 2. The van der Waals surface area contributed by atoms with Crippen LogP contribution in [-0.2, 0) is 4.79 Å². The van der Waals surface area contributed by atoms with Gasteiger partial charge in [-0.1, -0.05) is 27.7 Å². The molecule has 1 aliphatic rings. The van der Waals surface area contributed by atoms with Gasteiger partial charge in [-0.25, -0.2) is 9.59 Å². The zero-order valence-electron chi connectivity index (χ0n) is 13.8. The van der Waals surface area contributed by atoms with E-state index in [4.69, 9.17) is 0 Å². The maximum atomic E-state index is 12.2. The van der Waals surface area contributed by atoms with Gasteiger partial charge in [0.2, 0.25) is 0 Å². The van der Waals surface area contributed by atoms with Crippen molar-refractivity contribution in [2.24, 2.45) is 5.41 Å². The molecule has 1 saturated heterocycles. The molecule has 0 bridgehead atoms. The van der Waals surface area contributed by atoms with Crippen molar-refractivity contribution in [3.05, 3.63) is 0 Å². The molecule has 0 aromatic heterocycles. The largest absolute Gasteiger partial charge is 0.480 e. The number of carbonyl (C=O) groups excluding carboxylic acids is 1. The molecule has 0 radical (unpaired) electrons. The summed E-state index contributed by atoms with van der Waals surface area (Å²) in [5, 5.41) is 11.9. The Balaban J connectivity index is 2.56. The van der Waals surface area contributed by atoms with Crippen LogP contribution in [0.25, 0.3) is 0 Å². The first-order valence-electron chi connectivity index (χ1n) is 7.69. The third-order valence-corrected chi connectivity index (χ3v) is 4.20. The van der Waals surface area contributed by atoms with E-state index in [-0.39, 0.29) is 6.03 Å². The Labute approximate surface area is 127 Å². The first-order chi connectivity index (χ1) is 9.66. The molecule has 6 heteroatoms. The molecule has 1 unspecified atom stereocenters. The summed E-state index contributed by atoms with van der Waals surface area (Å²) >= 11 is 0. The molecule has 2 N–H and O–H groups in total. The lowest BCUT2D eigenvalue weighted by Gasteiger charge is -2.39. The molecule has 1 rings (SSSR count). The van der Waals surface area contributed by atoms with Gasteiger partial charge in [0.1, 0.15) is 6.04 Å². The fraction of sp³-hybridized carbons (Fsp3) is 0.867. The monoisotopic (exact) mass is 299 g/mol. The summed E-state index contributed by atoms with van der Waals surface area (Å²) in [6.07, 6.45) is 1.09. The number of hydrogen-bond acceptors (Lipinski definition) is 3. The Kier molecular flexibility index (Phi) is 6.01. The van der Waals surface area contributed by atoms with Crippen LogP contribution in [0, 0.1) is 5.41 Å². The Morgan fingerprint density at radius 2 is 1.71 bits per heavy atom. The molecule has 1 heterocycles. The van der Waals surface area contributed by atoms with Gasteiger partial charge in [-0.15, -0.1) is 0 Å². The van der Waals surface area contributed by atoms with Crippen LogP contribution in [0.1, 0.15) is 41.0 Å². The second-order valence-corrected chi connectivity index (χ2v) is 6.87. The molecule has 2 atom stereocenters. The Bertz CT molecular complexity index is 371. The number of aliphatic carboxylic acids is 1. The second kappa shape index (κ2) is 7.11. The molecule has 0 aromatic rings. The van der Waals surface area contributed by atoms with Crippen LogP contribution < -0.4 is 5.32 Å². The molecule has 122 valence electrons. The number of piperazine rings is 1. The van der Waals surface area contributed by atoms with Gasteiger partial charge in [0.15, 0.2) is 0 Å². The molecular formula is C15H29N3O3. The van der Waals surface area contributed by atoms with E-state index in [0.29, 0.717) is 19.1 Å². The fourth-order valence-corrected chi connectivity index (χ4v) is 2.49. The lowest BCUT2D eigenvalue weighted by molar-refractivity contribution is -0.142. The van der Waals surface area contributed by atoms with E-state index in [1.54, 1.807) is 4.90 Å². The van der Waals surface area contributed by atoms with Crippen LogP contribution >= 0.6 is 0 Å². The summed E-state index contributed by atoms with van der Waals surface area (Å²) in [4.78, 5) is 27.6. The quantitative estimate of drug-likeness (QED) is 0.827. The summed E-state index contributed by atoms with van der Waals surface area (Å²) < 4.78 is 0. The zero-order valence-corrected chi connectivity index (χ0v) is 13.8. The molecule has 1 aliphatic heterocycles. The number of carboxylic acids is 1. The number of amides is 2. The molecular weight excluding hydrogens is 270 g/mol. The molecule has 0 aliphatic carbocycles. The van der Waals surface area contributed by atoms with E-state index < -0.39 is 17.4 Å². The van der Waals surface area contributed by atoms with Gasteiger partial charge in [0.05, 0.1) is 0 Å². The maximum Gasteiger partial charge on any atom is 0.326 e. The molecule has 1 fully saturated rings. The van der Waals surface area contributed by atoms with Gasteiger partial charge in [0.25, 0.3) is 0 Å². The highest BCUT2D eigenvalue weighted by atomic mass is 16.4. The van der Waals surface area contributed by atoms with E-state index >= 15 is 0 Å². The summed E-state index contributed by atoms with van der Waals surface area (Å²) in [5.41, 5.74) is -0.514. The fourth-order valence-electron chi connectivity index (χ4n) is 2.49. The molecule has 0 aromatic carbocycles. The average molecular weight is 299 g/mol. The van der Waals surface area contributed by atoms with E-state index in [1.165, 1.54) is 0 Å². The van der Waals surface area contributed by atoms with Crippen molar-refractivity contribution >= 4 is 12.0 Å². The van der Waals surface area contributed by atoms with Crippen LogP contribution in [0.2, 0.25) is 0 Å². The standard InChI is InChI=1S/C15H29N3O3/c1-6-11(2)17-7-9-18(10-8-17)14(21)16-12(13(19)20)15(3,4)5/h11-12H,6-10H2,1-5H3,(H,16,21)(H,19,20)/t11?,12-/m1/s1. The van der Waals surface area contributed by atoms with Crippen molar-refractivity contribution in [1.29, 1.82) is 0 Å². The Hall–Kier alpha value is -1.30. The average Bonchev–Trinajstić information content (AvgIpc) is 2.42. The predicted molar refractivity (Wildman–Crippen MR) is 82.3 cm³/mol. The van der Waals surface area contributed by atoms with Crippen LogP contribution in [0.4, 0.5) is 4.79 Å². The topological polar surface area (TPSA) is 72.9 Å². The van der Waals surface area contributed by atoms with Crippen molar-refractivity contribution in [2.75, 3.05) is 26.2 Å². The van der Waals surface area contributed by atoms with Crippen LogP contribution in [0.5, 0.6) is 0 Å². The minimum atomic E-state index is -0.992. The van der Waals surface area contributed by atoms with Gasteiger partial charge in [-0.2, -0.15) is 0 Å². The Morgan fingerprint density at radius 3 is 2.10 bits per heavy atom. The molecule has 0 saturated carbocycles. The Morgan fingerprint density at radius 1 is 1.19 bits per heavy atom. The number of rotatable bonds is 4. The van der Waals surface area contributed by atoms with Gasteiger partial charge < -0.3 is 15.3 Å². The molecule has 6 nitrogen and oxygen atoms in total. The van der Waals surface area contributed by atoms with Gasteiger partial charge in [-0.05, 0) is 18.8 Å². The smallest absolute Gasteiger partial charge is 0.326 e. The van der Waals surface area contributed by atoms with Crippen molar-refractivity contribution in [1.82, 2.24) is 15.1 Å². The van der Waals surface area contributed by atoms with Gasteiger partial charge >= 0.3 is 12.0 Å². The predicted octanol–water partition coefficient (Wildman–Crippen LogP) is 1.61. The minimum absolute atomic E-state index is 0.277. The van der Waals surface area contributed by atoms with E-state index in [9.17, 15) is 14.7 Å². The third-order valence-electron chi connectivity index (χ3n) is 4.20. The van der Waals surface area contributed by atoms with E-state index in [0.717, 1.165) is 19.5 Å². The maximum absolute atomic E-state index is 12.2. The SMILES string of the molecule is CCC(C)N1CCN(C(=O)N[C@H](C(=O)O)C(C)(C)C)CC1. The van der Waals surface area contributed by atoms with Crippen molar-refractivity contribution in [3.8, 4) is 0 Å². The number of carboxylic acid groups (broad SMARTS) is 1. The first-order valence-corrected chi connectivity index (χ1v) is 7.69. The van der Waals surface area contributed by atoms with Crippen molar-refractivity contribution in [3.63, 3.8) is 0 Å². The minimum Gasteiger partial charge on any atom is -0.480 e. The number of nitrogens with one attached hydrogen (secondary N) is 1. The van der Waals surface area contributed by atoms with Gasteiger partial charge in [0, 0.05) is 32.2 Å². The molecule has 21 heavy (non-hydrogen) atoms. The summed E-state index contributed by atoms with van der Waals surface area (Å²) in [6, 6.07) is -0.629. The van der Waals surface area contributed by atoms with Crippen LogP contribution in [0.3, 0.4) is 0 Å². The second-order valence-electron chi connectivity index (χ2n) is 6.87. The highest BCUT2D eigenvalue weighted by molar-refractivity contribution is 5.83. The van der Waals surface area contributed by atoms with Crippen LogP contribution in [-0.4, -0.2) is 65.2 Å². The third kappa shape index (κ3) is 4.88. The first kappa shape index (κ1) is 17.8. The van der Waals surface area contributed by atoms with E-state index in [1.807, 2.05) is 20.8 Å². The number of carbonyl (C=O) groups is 2. The molecule has 0 spiro atoms. The summed E-state index contributed by atoms with van der Waals surface area (Å²) in [7, 11) is 0.